The van der Waals surface area contributed by atoms with Gasteiger partial charge in [-0.1, -0.05) is 18.2 Å². The Morgan fingerprint density at radius 2 is 2.22 bits per heavy atom. The highest BCUT2D eigenvalue weighted by Gasteiger charge is 2.26. The smallest absolute Gasteiger partial charge is 0.224 e. The Bertz CT molecular complexity index is 391. The maximum Gasteiger partial charge on any atom is 0.224 e. The lowest BCUT2D eigenvalue weighted by atomic mass is 10.2. The monoisotopic (exact) mass is 247 g/mol. The molecule has 0 bridgehead atoms. The molecule has 98 valence electrons. The second-order valence-corrected chi connectivity index (χ2v) is 5.02. The molecular formula is C14H21N3O. The summed E-state index contributed by atoms with van der Waals surface area (Å²) in [5.74, 6) is 0.169. The molecular weight excluding hydrogens is 226 g/mol. The predicted molar refractivity (Wildman–Crippen MR) is 73.3 cm³/mol. The van der Waals surface area contributed by atoms with Crippen molar-refractivity contribution in [1.82, 2.24) is 4.90 Å². The summed E-state index contributed by atoms with van der Waals surface area (Å²) in [6.45, 7) is 3.48. The molecule has 3 N–H and O–H groups in total. The van der Waals surface area contributed by atoms with Gasteiger partial charge in [0, 0.05) is 37.3 Å². The summed E-state index contributed by atoms with van der Waals surface area (Å²) in [5, 5.41) is 3.45. The lowest BCUT2D eigenvalue weighted by molar-refractivity contribution is -0.130. The molecule has 0 aliphatic carbocycles. The van der Waals surface area contributed by atoms with Gasteiger partial charge in [0.15, 0.2) is 0 Å². The molecule has 0 radical (unpaired) electrons. The van der Waals surface area contributed by atoms with E-state index in [0.29, 0.717) is 12.5 Å². The van der Waals surface area contributed by atoms with Gasteiger partial charge in [0.05, 0.1) is 0 Å². The first-order valence-corrected chi connectivity index (χ1v) is 6.50. The van der Waals surface area contributed by atoms with Gasteiger partial charge >= 0.3 is 0 Å². The van der Waals surface area contributed by atoms with Crippen LogP contribution in [-0.2, 0) is 4.79 Å². The fraction of sp³-hybridized carbons (Fsp3) is 0.500. The van der Waals surface area contributed by atoms with Crippen LogP contribution in [0.4, 0.5) is 5.69 Å². The highest BCUT2D eigenvalue weighted by atomic mass is 16.2. The average Bonchev–Trinajstić information content (AvgIpc) is 2.78. The number of rotatable bonds is 4. The number of amides is 1. The number of nitrogens with two attached hydrogens (primary N) is 1. The molecule has 0 aromatic heterocycles. The quantitative estimate of drug-likeness (QED) is 0.846. The Morgan fingerprint density at radius 1 is 1.50 bits per heavy atom. The van der Waals surface area contributed by atoms with Crippen molar-refractivity contribution in [3.63, 3.8) is 0 Å². The number of nitrogens with one attached hydrogen (secondary N) is 1. The standard InChI is InChI=1S/C14H21N3O/c1-11(15)9-14(18)17-8-7-13(10-17)16-12-5-3-2-4-6-12/h2-6,11,13,16H,7-10,15H2,1H3. The molecule has 0 saturated carbocycles. The number of para-hydroxylation sites is 1. The molecule has 4 nitrogen and oxygen atoms in total. The molecule has 1 fully saturated rings. The third-order valence-corrected chi connectivity index (χ3v) is 3.18. The van der Waals surface area contributed by atoms with Gasteiger partial charge in [0.2, 0.25) is 5.91 Å². The summed E-state index contributed by atoms with van der Waals surface area (Å²) in [7, 11) is 0. The molecule has 1 amide bonds. The summed E-state index contributed by atoms with van der Waals surface area (Å²) in [5.41, 5.74) is 6.77. The van der Waals surface area contributed by atoms with Crippen LogP contribution in [0.1, 0.15) is 19.8 Å². The van der Waals surface area contributed by atoms with E-state index >= 15 is 0 Å². The average molecular weight is 247 g/mol. The molecule has 1 aliphatic heterocycles. The van der Waals surface area contributed by atoms with Crippen molar-refractivity contribution in [2.45, 2.75) is 31.8 Å². The van der Waals surface area contributed by atoms with Crippen molar-refractivity contribution >= 4 is 11.6 Å². The van der Waals surface area contributed by atoms with Crippen LogP contribution >= 0.6 is 0 Å². The maximum absolute atomic E-state index is 11.9. The summed E-state index contributed by atoms with van der Waals surface area (Å²) in [6, 6.07) is 10.4. The molecule has 2 rings (SSSR count). The van der Waals surface area contributed by atoms with Gasteiger partial charge in [-0.05, 0) is 25.5 Å². The van der Waals surface area contributed by atoms with Gasteiger partial charge < -0.3 is 16.0 Å². The van der Waals surface area contributed by atoms with Gasteiger partial charge in [-0.2, -0.15) is 0 Å². The van der Waals surface area contributed by atoms with E-state index in [4.69, 9.17) is 5.73 Å². The van der Waals surface area contributed by atoms with E-state index in [0.717, 1.165) is 25.2 Å². The Hall–Kier alpha value is -1.55. The first-order chi connectivity index (χ1) is 8.65. The Labute approximate surface area is 108 Å². The summed E-state index contributed by atoms with van der Waals surface area (Å²) < 4.78 is 0. The fourth-order valence-electron chi connectivity index (χ4n) is 2.28. The molecule has 0 spiro atoms. The first-order valence-electron chi connectivity index (χ1n) is 6.50. The normalized spacial score (nSPS) is 20.8. The second-order valence-electron chi connectivity index (χ2n) is 5.02. The number of hydrogen-bond acceptors (Lipinski definition) is 3. The third-order valence-electron chi connectivity index (χ3n) is 3.18. The summed E-state index contributed by atoms with van der Waals surface area (Å²) in [6.07, 6.45) is 1.44. The van der Waals surface area contributed by atoms with E-state index in [1.165, 1.54) is 0 Å². The zero-order chi connectivity index (χ0) is 13.0. The highest BCUT2D eigenvalue weighted by Crippen LogP contribution is 2.16. The van der Waals surface area contributed by atoms with E-state index in [1.807, 2.05) is 42.2 Å². The van der Waals surface area contributed by atoms with Crippen molar-refractivity contribution in [2.24, 2.45) is 5.73 Å². The van der Waals surface area contributed by atoms with E-state index in [9.17, 15) is 4.79 Å². The number of nitrogens with zero attached hydrogens (tertiary/aromatic N) is 1. The molecule has 4 heteroatoms. The Morgan fingerprint density at radius 3 is 2.89 bits per heavy atom. The minimum Gasteiger partial charge on any atom is -0.380 e. The van der Waals surface area contributed by atoms with Crippen LogP contribution in [0.2, 0.25) is 0 Å². The number of carbonyl (C=O) groups is 1. The first kappa shape index (κ1) is 12.9. The number of carbonyl (C=O) groups excluding carboxylic acids is 1. The topological polar surface area (TPSA) is 58.4 Å². The van der Waals surface area contributed by atoms with Crippen LogP contribution in [0.25, 0.3) is 0 Å². The molecule has 2 unspecified atom stereocenters. The molecule has 1 heterocycles. The lowest BCUT2D eigenvalue weighted by Crippen LogP contribution is -2.34. The van der Waals surface area contributed by atoms with Crippen molar-refractivity contribution in [3.8, 4) is 0 Å². The van der Waals surface area contributed by atoms with Crippen molar-refractivity contribution in [1.29, 1.82) is 0 Å². The minimum absolute atomic E-state index is 0.0568. The van der Waals surface area contributed by atoms with E-state index in [2.05, 4.69) is 5.32 Å². The molecule has 1 aromatic rings. The summed E-state index contributed by atoms with van der Waals surface area (Å²) >= 11 is 0. The number of likely N-dealkylation sites (tertiary alicyclic amines) is 1. The van der Waals surface area contributed by atoms with Gasteiger partial charge in [0.1, 0.15) is 0 Å². The van der Waals surface area contributed by atoms with E-state index < -0.39 is 0 Å². The van der Waals surface area contributed by atoms with Crippen LogP contribution in [-0.4, -0.2) is 36.0 Å². The van der Waals surface area contributed by atoms with Crippen LogP contribution in [0.15, 0.2) is 30.3 Å². The van der Waals surface area contributed by atoms with Crippen molar-refractivity contribution in [3.05, 3.63) is 30.3 Å². The fourth-order valence-corrected chi connectivity index (χ4v) is 2.28. The van der Waals surface area contributed by atoms with Crippen LogP contribution in [0, 0.1) is 0 Å². The Kier molecular flexibility index (Phi) is 4.20. The summed E-state index contributed by atoms with van der Waals surface area (Å²) in [4.78, 5) is 13.8. The SMILES string of the molecule is CC(N)CC(=O)N1CCC(Nc2ccccc2)C1. The zero-order valence-electron chi connectivity index (χ0n) is 10.8. The molecule has 1 aliphatic rings. The van der Waals surface area contributed by atoms with Gasteiger partial charge in [-0.3, -0.25) is 4.79 Å². The molecule has 1 saturated heterocycles. The van der Waals surface area contributed by atoms with Crippen LogP contribution in [0.3, 0.4) is 0 Å². The van der Waals surface area contributed by atoms with Gasteiger partial charge in [-0.15, -0.1) is 0 Å². The highest BCUT2D eigenvalue weighted by molar-refractivity contribution is 5.77. The Balaban J connectivity index is 1.83. The van der Waals surface area contributed by atoms with Crippen molar-refractivity contribution < 1.29 is 4.79 Å². The molecule has 18 heavy (non-hydrogen) atoms. The number of hydrogen-bond donors (Lipinski definition) is 2. The van der Waals surface area contributed by atoms with Gasteiger partial charge in [-0.25, -0.2) is 0 Å². The third kappa shape index (κ3) is 3.47. The maximum atomic E-state index is 11.9. The predicted octanol–water partition coefficient (Wildman–Crippen LogP) is 1.44. The number of anilines is 1. The minimum atomic E-state index is -0.0568. The van der Waals surface area contributed by atoms with E-state index in [1.54, 1.807) is 0 Å². The zero-order valence-corrected chi connectivity index (χ0v) is 10.8. The van der Waals surface area contributed by atoms with Crippen LogP contribution < -0.4 is 11.1 Å². The second kappa shape index (κ2) is 5.87. The largest absolute Gasteiger partial charge is 0.380 e. The van der Waals surface area contributed by atoms with Crippen LogP contribution in [0.5, 0.6) is 0 Å². The lowest BCUT2D eigenvalue weighted by Gasteiger charge is -2.18. The number of benzene rings is 1. The van der Waals surface area contributed by atoms with Gasteiger partial charge in [0.25, 0.3) is 0 Å². The molecule has 1 aromatic carbocycles. The van der Waals surface area contributed by atoms with E-state index in [-0.39, 0.29) is 11.9 Å². The molecule has 2 atom stereocenters. The van der Waals surface area contributed by atoms with Crippen molar-refractivity contribution in [2.75, 3.05) is 18.4 Å².